The lowest BCUT2D eigenvalue weighted by Gasteiger charge is -1.98. The monoisotopic (exact) mass is 181 g/mol. The van der Waals surface area contributed by atoms with Crippen molar-refractivity contribution >= 4 is 23.2 Å². The molecule has 0 N–H and O–H groups in total. The summed E-state index contributed by atoms with van der Waals surface area (Å²) in [6.07, 6.45) is 1.16. The standard InChI is InChI=1S/C5H4Cl2N2O/c1-10-4-3(6)2-8-5(7)9-4/h2H,1H3/i1D3. The van der Waals surface area contributed by atoms with Gasteiger partial charge >= 0.3 is 0 Å². The Morgan fingerprint density at radius 2 is 2.50 bits per heavy atom. The van der Waals surface area contributed by atoms with Crippen LogP contribution in [0.3, 0.4) is 0 Å². The van der Waals surface area contributed by atoms with E-state index in [0.717, 1.165) is 6.20 Å². The minimum absolute atomic E-state index is 0.000486. The molecule has 0 aliphatic rings. The summed E-state index contributed by atoms with van der Waals surface area (Å²) in [5.74, 6) is -0.248. The highest BCUT2D eigenvalue weighted by atomic mass is 35.5. The first-order valence-corrected chi connectivity index (χ1v) is 3.01. The molecular weight excluding hydrogens is 175 g/mol. The van der Waals surface area contributed by atoms with Crippen molar-refractivity contribution in [3.05, 3.63) is 16.5 Å². The number of nitrogens with zero attached hydrogens (tertiary/aromatic N) is 2. The zero-order valence-electron chi connectivity index (χ0n) is 7.64. The van der Waals surface area contributed by atoms with E-state index in [1.807, 2.05) is 0 Å². The Morgan fingerprint density at radius 1 is 1.70 bits per heavy atom. The number of ether oxygens (including phenoxy) is 1. The maximum atomic E-state index is 6.79. The molecule has 0 atom stereocenters. The number of hydrogen-bond acceptors (Lipinski definition) is 3. The van der Waals surface area contributed by atoms with Gasteiger partial charge in [-0.3, -0.25) is 0 Å². The summed E-state index contributed by atoms with van der Waals surface area (Å²) in [5, 5.41) is -0.121. The van der Waals surface area contributed by atoms with Crippen molar-refractivity contribution in [1.82, 2.24) is 9.97 Å². The van der Waals surface area contributed by atoms with Gasteiger partial charge < -0.3 is 4.74 Å². The van der Waals surface area contributed by atoms with E-state index >= 15 is 0 Å². The third-order valence-corrected chi connectivity index (χ3v) is 1.22. The zero-order valence-corrected chi connectivity index (χ0v) is 6.15. The fourth-order valence-corrected chi connectivity index (χ4v) is 0.658. The summed E-state index contributed by atoms with van der Waals surface area (Å²) in [6.45, 7) is 0. The van der Waals surface area contributed by atoms with Crippen LogP contribution in [0.2, 0.25) is 10.3 Å². The van der Waals surface area contributed by atoms with Gasteiger partial charge in [-0.25, -0.2) is 4.98 Å². The van der Waals surface area contributed by atoms with Gasteiger partial charge in [0.25, 0.3) is 0 Å². The third kappa shape index (κ3) is 1.49. The highest BCUT2D eigenvalue weighted by Gasteiger charge is 2.01. The highest BCUT2D eigenvalue weighted by molar-refractivity contribution is 6.32. The molecule has 10 heavy (non-hydrogen) atoms. The van der Waals surface area contributed by atoms with E-state index in [0.29, 0.717) is 0 Å². The van der Waals surface area contributed by atoms with Crippen molar-refractivity contribution in [2.75, 3.05) is 7.04 Å². The summed E-state index contributed by atoms with van der Waals surface area (Å²) < 4.78 is 24.8. The van der Waals surface area contributed by atoms with Gasteiger partial charge in [-0.15, -0.1) is 0 Å². The second-order valence-electron chi connectivity index (χ2n) is 1.39. The predicted molar refractivity (Wildman–Crippen MR) is 38.6 cm³/mol. The van der Waals surface area contributed by atoms with Crippen LogP contribution in [0.4, 0.5) is 0 Å². The molecule has 0 aromatic carbocycles. The summed E-state index contributed by atoms with van der Waals surface area (Å²) >= 11 is 10.9. The Morgan fingerprint density at radius 3 is 3.20 bits per heavy atom. The molecule has 0 amide bonds. The lowest BCUT2D eigenvalue weighted by atomic mass is 10.6. The van der Waals surface area contributed by atoms with Crippen LogP contribution < -0.4 is 4.74 Å². The molecule has 1 aromatic heterocycles. The maximum absolute atomic E-state index is 6.79. The number of methoxy groups -OCH3 is 1. The number of aromatic nitrogens is 2. The molecule has 0 saturated heterocycles. The van der Waals surface area contributed by atoms with E-state index in [2.05, 4.69) is 14.7 Å². The summed E-state index contributed by atoms with van der Waals surface area (Å²) in [4.78, 5) is 7.03. The van der Waals surface area contributed by atoms with Crippen LogP contribution >= 0.6 is 23.2 Å². The molecule has 0 radical (unpaired) electrons. The number of hydrogen-bond donors (Lipinski definition) is 0. The van der Waals surface area contributed by atoms with Crippen LogP contribution in [-0.2, 0) is 0 Å². The lowest BCUT2D eigenvalue weighted by molar-refractivity contribution is 0.397. The van der Waals surface area contributed by atoms with Crippen LogP contribution in [-0.4, -0.2) is 17.0 Å². The second kappa shape index (κ2) is 3.03. The van der Waals surface area contributed by atoms with Gasteiger partial charge in [0.1, 0.15) is 5.02 Å². The quantitative estimate of drug-likeness (QED) is 0.621. The van der Waals surface area contributed by atoms with Gasteiger partial charge in [0.2, 0.25) is 11.2 Å². The fourth-order valence-electron chi connectivity index (χ4n) is 0.403. The Bertz CT molecular complexity index is 317. The normalized spacial score (nSPS) is 15.2. The minimum Gasteiger partial charge on any atom is -0.480 e. The number of rotatable bonds is 1. The molecule has 54 valence electrons. The zero-order chi connectivity index (χ0) is 10.1. The molecule has 3 nitrogen and oxygen atoms in total. The van der Waals surface area contributed by atoms with Crippen molar-refractivity contribution in [2.45, 2.75) is 0 Å². The molecule has 0 aliphatic heterocycles. The number of halogens is 2. The average molecular weight is 182 g/mol. The van der Waals surface area contributed by atoms with E-state index in [1.54, 1.807) is 0 Å². The van der Waals surface area contributed by atoms with Gasteiger partial charge in [-0.2, -0.15) is 4.98 Å². The summed E-state index contributed by atoms with van der Waals surface area (Å²) in [7, 11) is -2.60. The average Bonchev–Trinajstić information content (AvgIpc) is 1.94. The topological polar surface area (TPSA) is 35.0 Å². The molecule has 0 bridgehead atoms. The van der Waals surface area contributed by atoms with Gasteiger partial charge in [0, 0.05) is 0 Å². The van der Waals surface area contributed by atoms with Crippen LogP contribution in [0.15, 0.2) is 6.20 Å². The largest absolute Gasteiger partial charge is 0.480 e. The van der Waals surface area contributed by atoms with Crippen molar-refractivity contribution in [3.8, 4) is 5.88 Å². The fraction of sp³-hybridized carbons (Fsp3) is 0.200. The Balaban J connectivity index is 2.94. The molecule has 5 heteroatoms. The molecule has 1 rings (SSSR count). The molecule has 0 spiro atoms. The Kier molecular flexibility index (Phi) is 1.32. The molecule has 1 aromatic rings. The van der Waals surface area contributed by atoms with Crippen molar-refractivity contribution < 1.29 is 8.85 Å². The van der Waals surface area contributed by atoms with E-state index in [9.17, 15) is 0 Å². The lowest BCUT2D eigenvalue weighted by Crippen LogP contribution is -1.90. The van der Waals surface area contributed by atoms with E-state index < -0.39 is 7.04 Å². The SMILES string of the molecule is [2H]C([2H])([2H])Oc1nc(Cl)ncc1Cl. The predicted octanol–water partition coefficient (Wildman–Crippen LogP) is 1.79. The molecule has 0 unspecified atom stereocenters. The van der Waals surface area contributed by atoms with Crippen molar-refractivity contribution in [1.29, 1.82) is 0 Å². The summed E-state index contributed by atoms with van der Waals surface area (Å²) in [6, 6.07) is 0. The maximum Gasteiger partial charge on any atom is 0.236 e. The van der Waals surface area contributed by atoms with Gasteiger partial charge in [-0.05, 0) is 11.6 Å². The molecule has 0 saturated carbocycles. The van der Waals surface area contributed by atoms with E-state index in [4.69, 9.17) is 27.3 Å². The molecular formula is C5H4Cl2N2O. The van der Waals surface area contributed by atoms with Crippen molar-refractivity contribution in [3.63, 3.8) is 0 Å². The first-order valence-electron chi connectivity index (χ1n) is 3.75. The van der Waals surface area contributed by atoms with Crippen LogP contribution in [0.25, 0.3) is 0 Å². The molecule has 0 aliphatic carbocycles. The first-order chi connectivity index (χ1) is 5.88. The second-order valence-corrected chi connectivity index (χ2v) is 2.14. The van der Waals surface area contributed by atoms with Gasteiger partial charge in [-0.1, -0.05) is 11.6 Å². The van der Waals surface area contributed by atoms with Crippen LogP contribution in [0, 0.1) is 0 Å². The molecule has 0 fully saturated rings. The summed E-state index contributed by atoms with van der Waals surface area (Å²) in [5.41, 5.74) is 0. The third-order valence-electron chi connectivity index (χ3n) is 0.779. The Hall–Kier alpha value is -0.540. The van der Waals surface area contributed by atoms with E-state index in [1.165, 1.54) is 0 Å². The van der Waals surface area contributed by atoms with Gasteiger partial charge in [0.15, 0.2) is 0 Å². The smallest absolute Gasteiger partial charge is 0.236 e. The van der Waals surface area contributed by atoms with Crippen LogP contribution in [0.5, 0.6) is 5.88 Å². The molecule has 1 heterocycles. The van der Waals surface area contributed by atoms with E-state index in [-0.39, 0.29) is 16.2 Å². The van der Waals surface area contributed by atoms with Crippen LogP contribution in [0.1, 0.15) is 4.11 Å². The first kappa shape index (κ1) is 4.36. The van der Waals surface area contributed by atoms with Gasteiger partial charge in [0.05, 0.1) is 17.3 Å². The minimum atomic E-state index is -2.60. The highest BCUT2D eigenvalue weighted by Crippen LogP contribution is 2.20. The van der Waals surface area contributed by atoms with Crippen molar-refractivity contribution in [2.24, 2.45) is 0 Å². The Labute approximate surface area is 72.2 Å².